The molecular formula is C16H24ClN3. The second kappa shape index (κ2) is 6.49. The van der Waals surface area contributed by atoms with Gasteiger partial charge in [0, 0.05) is 17.0 Å². The van der Waals surface area contributed by atoms with Crippen LogP contribution in [-0.4, -0.2) is 19.0 Å². The molecule has 0 spiro atoms. The standard InChI is InChI=1S/C16H24ClN3/c1-12(2)7-10-19-15(18)20-11-16(8-9-16)13-3-5-14(17)6-4-13/h3-6,12H,7-11H2,1-2H3,(H3,18,19,20). The highest BCUT2D eigenvalue weighted by Gasteiger charge is 2.44. The summed E-state index contributed by atoms with van der Waals surface area (Å²) in [6.45, 7) is 6.06. The number of hydrogen-bond donors (Lipinski definition) is 2. The lowest BCUT2D eigenvalue weighted by Gasteiger charge is -2.14. The van der Waals surface area contributed by atoms with Gasteiger partial charge in [0.05, 0.1) is 6.54 Å². The molecule has 2 rings (SSSR count). The normalized spacial score (nSPS) is 17.3. The first kappa shape index (κ1) is 15.2. The number of rotatable bonds is 6. The number of aliphatic imine (C=N–C) groups is 1. The maximum absolute atomic E-state index is 5.93. The average molecular weight is 294 g/mol. The smallest absolute Gasteiger partial charge is 0.188 e. The van der Waals surface area contributed by atoms with Gasteiger partial charge in [-0.05, 0) is 42.9 Å². The number of hydrogen-bond acceptors (Lipinski definition) is 1. The predicted molar refractivity (Wildman–Crippen MR) is 86.3 cm³/mol. The molecule has 20 heavy (non-hydrogen) atoms. The third kappa shape index (κ3) is 4.14. The zero-order chi connectivity index (χ0) is 14.6. The van der Waals surface area contributed by atoms with Gasteiger partial charge in [0.1, 0.15) is 0 Å². The van der Waals surface area contributed by atoms with Gasteiger partial charge in [0.15, 0.2) is 5.96 Å². The van der Waals surface area contributed by atoms with Crippen molar-refractivity contribution in [1.29, 1.82) is 0 Å². The lowest BCUT2D eigenvalue weighted by atomic mass is 9.96. The van der Waals surface area contributed by atoms with Crippen molar-refractivity contribution in [2.24, 2.45) is 16.6 Å². The van der Waals surface area contributed by atoms with Crippen molar-refractivity contribution >= 4 is 17.6 Å². The predicted octanol–water partition coefficient (Wildman–Crippen LogP) is 3.32. The van der Waals surface area contributed by atoms with E-state index in [1.54, 1.807) is 0 Å². The number of nitrogens with one attached hydrogen (secondary N) is 1. The topological polar surface area (TPSA) is 50.4 Å². The molecule has 110 valence electrons. The van der Waals surface area contributed by atoms with Crippen LogP contribution in [0.2, 0.25) is 5.02 Å². The Bertz CT molecular complexity index is 461. The molecule has 1 aliphatic rings. The van der Waals surface area contributed by atoms with E-state index in [0.29, 0.717) is 11.9 Å². The fourth-order valence-electron chi connectivity index (χ4n) is 2.27. The molecular weight excluding hydrogens is 270 g/mol. The van der Waals surface area contributed by atoms with Gasteiger partial charge >= 0.3 is 0 Å². The molecule has 0 unspecified atom stereocenters. The summed E-state index contributed by atoms with van der Waals surface area (Å²) in [6.07, 6.45) is 3.47. The van der Waals surface area contributed by atoms with Crippen LogP contribution in [0.4, 0.5) is 0 Å². The fourth-order valence-corrected chi connectivity index (χ4v) is 2.40. The minimum absolute atomic E-state index is 0.189. The first-order chi connectivity index (χ1) is 9.52. The summed E-state index contributed by atoms with van der Waals surface area (Å²) >= 11 is 5.93. The van der Waals surface area contributed by atoms with E-state index in [-0.39, 0.29) is 5.41 Å². The molecule has 1 aromatic rings. The van der Waals surface area contributed by atoms with Crippen LogP contribution < -0.4 is 11.1 Å². The maximum atomic E-state index is 5.93. The van der Waals surface area contributed by atoms with Crippen molar-refractivity contribution in [1.82, 2.24) is 5.32 Å². The van der Waals surface area contributed by atoms with Gasteiger partial charge in [-0.25, -0.2) is 0 Å². The molecule has 3 N–H and O–H groups in total. The third-order valence-corrected chi connectivity index (χ3v) is 4.14. The van der Waals surface area contributed by atoms with E-state index in [9.17, 15) is 0 Å². The first-order valence-corrected chi connectivity index (χ1v) is 7.69. The quantitative estimate of drug-likeness (QED) is 0.624. The molecule has 0 atom stereocenters. The number of nitrogens with two attached hydrogens (primary N) is 1. The number of halogens is 1. The van der Waals surface area contributed by atoms with Gasteiger partial charge in [0.2, 0.25) is 0 Å². The number of nitrogens with zero attached hydrogens (tertiary/aromatic N) is 1. The minimum Gasteiger partial charge on any atom is -0.370 e. The van der Waals surface area contributed by atoms with Crippen molar-refractivity contribution in [3.63, 3.8) is 0 Å². The second-order valence-corrected chi connectivity index (χ2v) is 6.53. The van der Waals surface area contributed by atoms with Crippen LogP contribution in [0.3, 0.4) is 0 Å². The molecule has 0 aromatic heterocycles. The van der Waals surface area contributed by atoms with Crippen LogP contribution >= 0.6 is 11.6 Å². The Kier molecular flexibility index (Phi) is 4.92. The molecule has 1 aromatic carbocycles. The van der Waals surface area contributed by atoms with Crippen molar-refractivity contribution in [2.45, 2.75) is 38.5 Å². The monoisotopic (exact) mass is 293 g/mol. The van der Waals surface area contributed by atoms with Crippen LogP contribution in [-0.2, 0) is 5.41 Å². The molecule has 1 fully saturated rings. The van der Waals surface area contributed by atoms with Gasteiger partial charge < -0.3 is 11.1 Å². The fraction of sp³-hybridized carbons (Fsp3) is 0.562. The summed E-state index contributed by atoms with van der Waals surface area (Å²) in [5.74, 6) is 1.24. The Morgan fingerprint density at radius 3 is 2.55 bits per heavy atom. The van der Waals surface area contributed by atoms with E-state index in [2.05, 4.69) is 36.3 Å². The zero-order valence-electron chi connectivity index (χ0n) is 12.3. The van der Waals surface area contributed by atoms with E-state index >= 15 is 0 Å². The van der Waals surface area contributed by atoms with Crippen LogP contribution in [0.5, 0.6) is 0 Å². The van der Waals surface area contributed by atoms with E-state index in [4.69, 9.17) is 17.3 Å². The molecule has 1 saturated carbocycles. The van der Waals surface area contributed by atoms with Crippen LogP contribution in [0.15, 0.2) is 29.3 Å². The summed E-state index contributed by atoms with van der Waals surface area (Å²) in [5.41, 5.74) is 7.42. The Morgan fingerprint density at radius 1 is 1.35 bits per heavy atom. The van der Waals surface area contributed by atoms with E-state index < -0.39 is 0 Å². The Labute approximate surface area is 126 Å². The van der Waals surface area contributed by atoms with Crippen molar-refractivity contribution in [3.8, 4) is 0 Å². The molecule has 0 aliphatic heterocycles. The SMILES string of the molecule is CC(C)CCNC(N)=NCC1(c2ccc(Cl)cc2)CC1. The Morgan fingerprint density at radius 2 is 2.00 bits per heavy atom. The lowest BCUT2D eigenvalue weighted by molar-refractivity contribution is 0.576. The highest BCUT2D eigenvalue weighted by atomic mass is 35.5. The van der Waals surface area contributed by atoms with E-state index in [1.165, 1.54) is 18.4 Å². The minimum atomic E-state index is 0.189. The molecule has 0 radical (unpaired) electrons. The Balaban J connectivity index is 1.87. The molecule has 0 heterocycles. The summed E-state index contributed by atoms with van der Waals surface area (Å²) in [4.78, 5) is 4.50. The van der Waals surface area contributed by atoms with Crippen LogP contribution in [0.1, 0.15) is 38.7 Å². The van der Waals surface area contributed by atoms with Crippen LogP contribution in [0.25, 0.3) is 0 Å². The maximum Gasteiger partial charge on any atom is 0.188 e. The average Bonchev–Trinajstić information content (AvgIpc) is 3.18. The number of guanidine groups is 1. The third-order valence-electron chi connectivity index (χ3n) is 3.89. The van der Waals surface area contributed by atoms with Gasteiger partial charge in [-0.1, -0.05) is 37.6 Å². The Hall–Kier alpha value is -1.22. The zero-order valence-corrected chi connectivity index (χ0v) is 13.1. The van der Waals surface area contributed by atoms with E-state index in [1.807, 2.05) is 12.1 Å². The summed E-state index contributed by atoms with van der Waals surface area (Å²) in [5, 5.41) is 3.96. The van der Waals surface area contributed by atoms with E-state index in [0.717, 1.165) is 24.5 Å². The lowest BCUT2D eigenvalue weighted by Crippen LogP contribution is -2.33. The van der Waals surface area contributed by atoms with Gasteiger partial charge in [-0.2, -0.15) is 0 Å². The van der Waals surface area contributed by atoms with Crippen molar-refractivity contribution in [2.75, 3.05) is 13.1 Å². The molecule has 1 aliphatic carbocycles. The molecule has 3 nitrogen and oxygen atoms in total. The van der Waals surface area contributed by atoms with Gasteiger partial charge in [-0.15, -0.1) is 0 Å². The molecule has 0 bridgehead atoms. The first-order valence-electron chi connectivity index (χ1n) is 7.32. The molecule has 0 amide bonds. The summed E-state index contributed by atoms with van der Waals surface area (Å²) in [7, 11) is 0. The van der Waals surface area contributed by atoms with Crippen molar-refractivity contribution in [3.05, 3.63) is 34.9 Å². The van der Waals surface area contributed by atoms with Crippen LogP contribution in [0, 0.1) is 5.92 Å². The largest absolute Gasteiger partial charge is 0.370 e. The highest BCUT2D eigenvalue weighted by molar-refractivity contribution is 6.30. The highest BCUT2D eigenvalue weighted by Crippen LogP contribution is 2.48. The molecule has 4 heteroatoms. The second-order valence-electron chi connectivity index (χ2n) is 6.10. The van der Waals surface area contributed by atoms with Gasteiger partial charge in [-0.3, -0.25) is 4.99 Å². The number of benzene rings is 1. The molecule has 0 saturated heterocycles. The summed E-state index contributed by atoms with van der Waals surface area (Å²) in [6, 6.07) is 8.11. The summed E-state index contributed by atoms with van der Waals surface area (Å²) < 4.78 is 0. The van der Waals surface area contributed by atoms with Crippen molar-refractivity contribution < 1.29 is 0 Å². The van der Waals surface area contributed by atoms with Gasteiger partial charge in [0.25, 0.3) is 0 Å².